The Balaban J connectivity index is 1.69. The second kappa shape index (κ2) is 5.70. The lowest BCUT2D eigenvalue weighted by Gasteiger charge is -2.36. The summed E-state index contributed by atoms with van der Waals surface area (Å²) in [5.41, 5.74) is 2.37. The third-order valence-electron chi connectivity index (χ3n) is 3.94. The maximum atomic E-state index is 6.26. The van der Waals surface area contributed by atoms with Crippen molar-refractivity contribution in [3.63, 3.8) is 0 Å². The van der Waals surface area contributed by atoms with Gasteiger partial charge in [-0.15, -0.1) is 0 Å². The molecule has 4 rings (SSSR count). The first-order valence-electron chi connectivity index (χ1n) is 7.46. The minimum Gasteiger partial charge on any atom is -0.471 e. The van der Waals surface area contributed by atoms with Crippen molar-refractivity contribution in [3.05, 3.63) is 89.9 Å². The third kappa shape index (κ3) is 2.51. The van der Waals surface area contributed by atoms with Crippen molar-refractivity contribution in [3.8, 4) is 5.75 Å². The van der Waals surface area contributed by atoms with Gasteiger partial charge in [0, 0.05) is 17.7 Å². The first-order valence-corrected chi connectivity index (χ1v) is 7.46. The van der Waals surface area contributed by atoms with Crippen LogP contribution in [0.5, 0.6) is 5.75 Å². The Morgan fingerprint density at radius 1 is 0.909 bits per heavy atom. The number of hydrogen-bond acceptors (Lipinski definition) is 3. The predicted octanol–water partition coefficient (Wildman–Crippen LogP) is 4.37. The Labute approximate surface area is 129 Å². The lowest BCUT2D eigenvalue weighted by Crippen LogP contribution is -2.35. The molecule has 2 aromatic carbocycles. The van der Waals surface area contributed by atoms with Gasteiger partial charge in [-0.05, 0) is 18.2 Å². The number of nitrogens with zero attached hydrogens (tertiary/aromatic N) is 1. The molecule has 1 aromatic heterocycles. The third-order valence-corrected chi connectivity index (χ3v) is 3.94. The molecule has 3 heteroatoms. The zero-order chi connectivity index (χ0) is 14.8. The molecule has 110 valence electrons. The molecule has 0 radical (unpaired) electrons. The van der Waals surface area contributed by atoms with E-state index in [4.69, 9.17) is 9.15 Å². The van der Waals surface area contributed by atoms with Gasteiger partial charge >= 0.3 is 0 Å². The quantitative estimate of drug-likeness (QED) is 0.716. The van der Waals surface area contributed by atoms with Gasteiger partial charge in [0.1, 0.15) is 11.5 Å². The van der Waals surface area contributed by atoms with Crippen molar-refractivity contribution >= 4 is 0 Å². The van der Waals surface area contributed by atoms with E-state index in [1.54, 1.807) is 6.26 Å². The minimum atomic E-state index is -0.0961. The number of rotatable bonds is 3. The summed E-state index contributed by atoms with van der Waals surface area (Å²) < 4.78 is 11.8. The van der Waals surface area contributed by atoms with Crippen LogP contribution in [0.25, 0.3) is 0 Å². The predicted molar refractivity (Wildman–Crippen MR) is 84.2 cm³/mol. The van der Waals surface area contributed by atoms with E-state index in [2.05, 4.69) is 29.2 Å². The molecule has 1 atom stereocenters. The van der Waals surface area contributed by atoms with Crippen LogP contribution in [0.3, 0.4) is 0 Å². The summed E-state index contributed by atoms with van der Waals surface area (Å²) in [5.74, 6) is 1.91. The van der Waals surface area contributed by atoms with Gasteiger partial charge in [0.15, 0.2) is 6.23 Å². The highest BCUT2D eigenvalue weighted by Gasteiger charge is 2.29. The SMILES string of the molecule is c1ccc(C2Oc3ccccc3CN2Cc2ccco2)cc1. The van der Waals surface area contributed by atoms with Crippen molar-refractivity contribution in [1.29, 1.82) is 0 Å². The molecule has 0 amide bonds. The number of furan rings is 1. The topological polar surface area (TPSA) is 25.6 Å². The average molecular weight is 291 g/mol. The number of hydrogen-bond donors (Lipinski definition) is 0. The Bertz CT molecular complexity index is 737. The van der Waals surface area contributed by atoms with Gasteiger partial charge in [0.05, 0.1) is 12.8 Å². The molecular weight excluding hydrogens is 274 g/mol. The molecule has 0 fully saturated rings. The van der Waals surface area contributed by atoms with Crippen LogP contribution >= 0.6 is 0 Å². The molecule has 1 aliphatic rings. The summed E-state index contributed by atoms with van der Waals surface area (Å²) >= 11 is 0. The number of fused-ring (bicyclic) bond motifs is 1. The highest BCUT2D eigenvalue weighted by atomic mass is 16.5. The van der Waals surface area contributed by atoms with Crippen molar-refractivity contribution in [1.82, 2.24) is 4.90 Å². The number of ether oxygens (including phenoxy) is 1. The summed E-state index contributed by atoms with van der Waals surface area (Å²) in [6.07, 6.45) is 1.62. The molecule has 0 bridgehead atoms. The molecule has 0 spiro atoms. The average Bonchev–Trinajstić information content (AvgIpc) is 3.08. The van der Waals surface area contributed by atoms with Crippen molar-refractivity contribution < 1.29 is 9.15 Å². The molecule has 22 heavy (non-hydrogen) atoms. The molecule has 0 aliphatic carbocycles. The Morgan fingerprint density at radius 3 is 2.55 bits per heavy atom. The fraction of sp³-hybridized carbons (Fsp3) is 0.158. The second-order valence-electron chi connectivity index (χ2n) is 5.47. The first kappa shape index (κ1) is 13.2. The summed E-state index contributed by atoms with van der Waals surface area (Å²) in [6.45, 7) is 1.57. The van der Waals surface area contributed by atoms with Gasteiger partial charge in [-0.2, -0.15) is 0 Å². The van der Waals surface area contributed by atoms with Crippen LogP contribution in [-0.2, 0) is 13.1 Å². The molecular formula is C19H17NO2. The van der Waals surface area contributed by atoms with Gasteiger partial charge in [-0.25, -0.2) is 0 Å². The minimum absolute atomic E-state index is 0.0961. The Kier molecular flexibility index (Phi) is 3.41. The number of benzene rings is 2. The maximum absolute atomic E-state index is 6.26. The molecule has 3 nitrogen and oxygen atoms in total. The van der Waals surface area contributed by atoms with Crippen LogP contribution in [0.2, 0.25) is 0 Å². The van der Waals surface area contributed by atoms with E-state index < -0.39 is 0 Å². The molecule has 0 saturated heterocycles. The Hall–Kier alpha value is -2.52. The maximum Gasteiger partial charge on any atom is 0.179 e. The molecule has 1 aliphatic heterocycles. The van der Waals surface area contributed by atoms with Gasteiger partial charge in [0.2, 0.25) is 0 Å². The van der Waals surface area contributed by atoms with Crippen molar-refractivity contribution in [2.75, 3.05) is 0 Å². The van der Waals surface area contributed by atoms with Gasteiger partial charge < -0.3 is 9.15 Å². The molecule has 1 unspecified atom stereocenters. The molecule has 3 aromatic rings. The summed E-state index contributed by atoms with van der Waals surface area (Å²) in [6, 6.07) is 22.5. The largest absolute Gasteiger partial charge is 0.471 e. The van der Waals surface area contributed by atoms with Crippen molar-refractivity contribution in [2.24, 2.45) is 0 Å². The highest BCUT2D eigenvalue weighted by molar-refractivity contribution is 5.36. The summed E-state index contributed by atoms with van der Waals surface area (Å²) in [4.78, 5) is 2.29. The van der Waals surface area contributed by atoms with E-state index in [9.17, 15) is 0 Å². The number of para-hydroxylation sites is 1. The standard InChI is InChI=1S/C19H17NO2/c1-2-7-15(8-3-1)19-20(14-17-10-6-12-21-17)13-16-9-4-5-11-18(16)22-19/h1-12,19H,13-14H2. The van der Waals surface area contributed by atoms with E-state index >= 15 is 0 Å². The molecule has 2 heterocycles. The van der Waals surface area contributed by atoms with E-state index in [0.717, 1.165) is 30.2 Å². The lowest BCUT2D eigenvalue weighted by atomic mass is 10.1. The van der Waals surface area contributed by atoms with E-state index in [0.29, 0.717) is 0 Å². The molecule has 0 saturated carbocycles. The van der Waals surface area contributed by atoms with E-state index in [-0.39, 0.29) is 6.23 Å². The van der Waals surface area contributed by atoms with Crippen LogP contribution in [0.1, 0.15) is 23.1 Å². The normalized spacial score (nSPS) is 17.7. The fourth-order valence-corrected chi connectivity index (χ4v) is 2.88. The van der Waals surface area contributed by atoms with Crippen LogP contribution in [0.4, 0.5) is 0 Å². The monoisotopic (exact) mass is 291 g/mol. The van der Waals surface area contributed by atoms with Crippen molar-refractivity contribution in [2.45, 2.75) is 19.3 Å². The van der Waals surface area contributed by atoms with Crippen LogP contribution < -0.4 is 4.74 Å². The Morgan fingerprint density at radius 2 is 1.73 bits per heavy atom. The van der Waals surface area contributed by atoms with Crippen LogP contribution in [0.15, 0.2) is 77.4 Å². The first-order chi connectivity index (χ1) is 10.9. The van der Waals surface area contributed by atoms with Crippen LogP contribution in [0, 0.1) is 0 Å². The molecule has 0 N–H and O–H groups in total. The summed E-state index contributed by atoms with van der Waals surface area (Å²) in [7, 11) is 0. The smallest absolute Gasteiger partial charge is 0.179 e. The van der Waals surface area contributed by atoms with E-state index in [1.165, 1.54) is 5.56 Å². The van der Waals surface area contributed by atoms with E-state index in [1.807, 2.05) is 42.5 Å². The fourth-order valence-electron chi connectivity index (χ4n) is 2.88. The lowest BCUT2D eigenvalue weighted by molar-refractivity contribution is -0.0128. The zero-order valence-corrected chi connectivity index (χ0v) is 12.2. The van der Waals surface area contributed by atoms with Gasteiger partial charge in [-0.3, -0.25) is 4.90 Å². The highest BCUT2D eigenvalue weighted by Crippen LogP contribution is 2.35. The van der Waals surface area contributed by atoms with Crippen LogP contribution in [-0.4, -0.2) is 4.90 Å². The van der Waals surface area contributed by atoms with Gasteiger partial charge in [0.25, 0.3) is 0 Å². The zero-order valence-electron chi connectivity index (χ0n) is 12.2. The summed E-state index contributed by atoms with van der Waals surface area (Å²) in [5, 5.41) is 0. The second-order valence-corrected chi connectivity index (χ2v) is 5.47. The van der Waals surface area contributed by atoms with Gasteiger partial charge in [-0.1, -0.05) is 48.5 Å².